The average Bonchev–Trinajstić information content (AvgIpc) is 2.60. The van der Waals surface area contributed by atoms with Crippen LogP contribution < -0.4 is 14.8 Å². The fourth-order valence-electron chi connectivity index (χ4n) is 2.52. The zero-order chi connectivity index (χ0) is 16.7. The van der Waals surface area contributed by atoms with Crippen LogP contribution in [-0.4, -0.2) is 20.1 Å². The lowest BCUT2D eigenvalue weighted by Gasteiger charge is -2.18. The lowest BCUT2D eigenvalue weighted by Crippen LogP contribution is -2.29. The Hall–Kier alpha value is -2.49. The number of rotatable bonds is 7. The molecule has 0 radical (unpaired) electrons. The van der Waals surface area contributed by atoms with Gasteiger partial charge in [-0.3, -0.25) is 4.79 Å². The predicted octanol–water partition coefficient (Wildman–Crippen LogP) is 3.51. The summed E-state index contributed by atoms with van der Waals surface area (Å²) in [6.45, 7) is 2.05. The number of amides is 1. The van der Waals surface area contributed by atoms with Gasteiger partial charge in [0.2, 0.25) is 5.91 Å². The van der Waals surface area contributed by atoms with E-state index in [9.17, 15) is 4.79 Å². The molecule has 122 valence electrons. The van der Waals surface area contributed by atoms with Gasteiger partial charge in [-0.05, 0) is 30.2 Å². The molecule has 0 bridgehead atoms. The molecular weight excluding hydrogens is 290 g/mol. The highest BCUT2D eigenvalue weighted by atomic mass is 16.5. The van der Waals surface area contributed by atoms with Gasteiger partial charge in [-0.15, -0.1) is 0 Å². The highest BCUT2D eigenvalue weighted by molar-refractivity contribution is 5.79. The Morgan fingerprint density at radius 3 is 2.35 bits per heavy atom. The van der Waals surface area contributed by atoms with Crippen molar-refractivity contribution in [3.8, 4) is 11.5 Å². The largest absolute Gasteiger partial charge is 0.497 e. The van der Waals surface area contributed by atoms with E-state index in [2.05, 4.69) is 12.2 Å². The Morgan fingerprint density at radius 2 is 1.74 bits per heavy atom. The molecule has 1 N–H and O–H groups in total. The fraction of sp³-hybridized carbons (Fsp3) is 0.316. The molecule has 1 amide bonds. The summed E-state index contributed by atoms with van der Waals surface area (Å²) in [4.78, 5) is 12.4. The SMILES string of the molecule is CCC(NC(=O)Cc1ccccc1OC)c1ccc(OC)cc1. The van der Waals surface area contributed by atoms with Crippen molar-refractivity contribution in [1.29, 1.82) is 0 Å². The maximum absolute atomic E-state index is 12.4. The number of carbonyl (C=O) groups is 1. The summed E-state index contributed by atoms with van der Waals surface area (Å²) in [6.07, 6.45) is 1.13. The molecule has 1 atom stereocenters. The van der Waals surface area contributed by atoms with Gasteiger partial charge in [-0.2, -0.15) is 0 Å². The van der Waals surface area contributed by atoms with E-state index in [1.54, 1.807) is 14.2 Å². The zero-order valence-corrected chi connectivity index (χ0v) is 13.8. The first-order valence-electron chi connectivity index (χ1n) is 7.73. The van der Waals surface area contributed by atoms with Gasteiger partial charge < -0.3 is 14.8 Å². The summed E-state index contributed by atoms with van der Waals surface area (Å²) in [5, 5.41) is 3.08. The predicted molar refractivity (Wildman–Crippen MR) is 90.9 cm³/mol. The maximum atomic E-state index is 12.4. The van der Waals surface area contributed by atoms with Crippen molar-refractivity contribution in [3.05, 3.63) is 59.7 Å². The van der Waals surface area contributed by atoms with Gasteiger partial charge in [-0.25, -0.2) is 0 Å². The van der Waals surface area contributed by atoms with Crippen molar-refractivity contribution in [2.24, 2.45) is 0 Å². The van der Waals surface area contributed by atoms with Crippen LogP contribution in [0.2, 0.25) is 0 Å². The molecule has 2 aromatic rings. The van der Waals surface area contributed by atoms with Crippen LogP contribution in [0.25, 0.3) is 0 Å². The van der Waals surface area contributed by atoms with E-state index in [0.717, 1.165) is 29.0 Å². The summed E-state index contributed by atoms with van der Waals surface area (Å²) in [7, 11) is 3.25. The van der Waals surface area contributed by atoms with Crippen LogP contribution in [0.3, 0.4) is 0 Å². The van der Waals surface area contributed by atoms with Crippen LogP contribution in [0.5, 0.6) is 11.5 Å². The molecule has 2 aromatic carbocycles. The molecular formula is C19H23NO3. The molecule has 0 heterocycles. The van der Waals surface area contributed by atoms with Gasteiger partial charge in [0.15, 0.2) is 0 Å². The molecule has 4 heteroatoms. The molecule has 0 saturated carbocycles. The van der Waals surface area contributed by atoms with Crippen molar-refractivity contribution in [2.45, 2.75) is 25.8 Å². The van der Waals surface area contributed by atoms with Crippen LogP contribution >= 0.6 is 0 Å². The molecule has 0 aliphatic carbocycles. The summed E-state index contributed by atoms with van der Waals surface area (Å²) in [6, 6.07) is 15.3. The van der Waals surface area contributed by atoms with Crippen molar-refractivity contribution >= 4 is 5.91 Å². The molecule has 23 heavy (non-hydrogen) atoms. The zero-order valence-electron chi connectivity index (χ0n) is 13.8. The van der Waals surface area contributed by atoms with E-state index >= 15 is 0 Å². The van der Waals surface area contributed by atoms with Gasteiger partial charge in [0, 0.05) is 5.56 Å². The third-order valence-electron chi connectivity index (χ3n) is 3.81. The second kappa shape index (κ2) is 8.22. The van der Waals surface area contributed by atoms with Crippen molar-refractivity contribution in [3.63, 3.8) is 0 Å². The summed E-state index contributed by atoms with van der Waals surface area (Å²) >= 11 is 0. The molecule has 2 rings (SSSR count). The third-order valence-corrected chi connectivity index (χ3v) is 3.81. The van der Waals surface area contributed by atoms with Gasteiger partial charge in [0.1, 0.15) is 11.5 Å². The molecule has 4 nitrogen and oxygen atoms in total. The monoisotopic (exact) mass is 313 g/mol. The first-order valence-corrected chi connectivity index (χ1v) is 7.73. The molecule has 0 spiro atoms. The third kappa shape index (κ3) is 4.49. The maximum Gasteiger partial charge on any atom is 0.225 e. The Morgan fingerprint density at radius 1 is 1.04 bits per heavy atom. The number of methoxy groups -OCH3 is 2. The van der Waals surface area contributed by atoms with Crippen LogP contribution in [0, 0.1) is 0 Å². The van der Waals surface area contributed by atoms with Crippen molar-refractivity contribution in [1.82, 2.24) is 5.32 Å². The van der Waals surface area contributed by atoms with E-state index in [4.69, 9.17) is 9.47 Å². The molecule has 0 fully saturated rings. The van der Waals surface area contributed by atoms with E-state index < -0.39 is 0 Å². The van der Waals surface area contributed by atoms with E-state index in [-0.39, 0.29) is 11.9 Å². The number of benzene rings is 2. The molecule has 0 saturated heterocycles. The number of nitrogens with one attached hydrogen (secondary N) is 1. The van der Waals surface area contributed by atoms with Crippen molar-refractivity contribution < 1.29 is 14.3 Å². The summed E-state index contributed by atoms with van der Waals surface area (Å²) < 4.78 is 10.5. The quantitative estimate of drug-likeness (QED) is 0.851. The van der Waals surface area contributed by atoms with Gasteiger partial charge in [0.05, 0.1) is 26.7 Å². The van der Waals surface area contributed by atoms with Gasteiger partial charge in [0.25, 0.3) is 0 Å². The highest BCUT2D eigenvalue weighted by Crippen LogP contribution is 2.21. The Labute approximate surface area is 137 Å². The topological polar surface area (TPSA) is 47.6 Å². The number of para-hydroxylation sites is 1. The number of ether oxygens (including phenoxy) is 2. The molecule has 0 aliphatic heterocycles. The van der Waals surface area contributed by atoms with Gasteiger partial charge >= 0.3 is 0 Å². The standard InChI is InChI=1S/C19H23NO3/c1-4-17(14-9-11-16(22-2)12-10-14)20-19(21)13-15-7-5-6-8-18(15)23-3/h5-12,17H,4,13H2,1-3H3,(H,20,21). The van der Waals surface area contributed by atoms with Crippen LogP contribution in [0.15, 0.2) is 48.5 Å². The van der Waals surface area contributed by atoms with Crippen molar-refractivity contribution in [2.75, 3.05) is 14.2 Å². The first kappa shape index (κ1) is 16.9. The fourth-order valence-corrected chi connectivity index (χ4v) is 2.52. The summed E-state index contributed by atoms with van der Waals surface area (Å²) in [5.74, 6) is 1.53. The molecule has 1 unspecified atom stereocenters. The summed E-state index contributed by atoms with van der Waals surface area (Å²) in [5.41, 5.74) is 1.96. The normalized spacial score (nSPS) is 11.6. The van der Waals surface area contributed by atoms with E-state index in [1.165, 1.54) is 0 Å². The van der Waals surface area contributed by atoms with Crippen LogP contribution in [0.4, 0.5) is 0 Å². The highest BCUT2D eigenvalue weighted by Gasteiger charge is 2.14. The second-order valence-corrected chi connectivity index (χ2v) is 5.29. The second-order valence-electron chi connectivity index (χ2n) is 5.29. The van der Waals surface area contributed by atoms with Crippen LogP contribution in [0.1, 0.15) is 30.5 Å². The first-order chi connectivity index (χ1) is 11.2. The van der Waals surface area contributed by atoms with Gasteiger partial charge in [-0.1, -0.05) is 37.3 Å². The Balaban J connectivity index is 2.04. The van der Waals surface area contributed by atoms with E-state index in [0.29, 0.717) is 6.42 Å². The molecule has 0 aromatic heterocycles. The minimum absolute atomic E-state index is 0.0110. The average molecular weight is 313 g/mol. The Bertz CT molecular complexity index is 637. The Kier molecular flexibility index (Phi) is 6.03. The van der Waals surface area contributed by atoms with Crippen LogP contribution in [-0.2, 0) is 11.2 Å². The molecule has 0 aliphatic rings. The number of hydrogen-bond acceptors (Lipinski definition) is 3. The smallest absolute Gasteiger partial charge is 0.225 e. The minimum atomic E-state index is -0.0165. The lowest BCUT2D eigenvalue weighted by atomic mass is 10.0. The van der Waals surface area contributed by atoms with E-state index in [1.807, 2.05) is 48.5 Å². The number of carbonyl (C=O) groups excluding carboxylic acids is 1. The minimum Gasteiger partial charge on any atom is -0.497 e. The lowest BCUT2D eigenvalue weighted by molar-refractivity contribution is -0.121. The number of hydrogen-bond donors (Lipinski definition) is 1.